The topological polar surface area (TPSA) is 44.1 Å². The van der Waals surface area contributed by atoms with Crippen LogP contribution >= 0.6 is 15.9 Å². The van der Waals surface area contributed by atoms with E-state index in [9.17, 15) is 4.79 Å². The molecule has 5 heteroatoms. The van der Waals surface area contributed by atoms with Gasteiger partial charge in [-0.2, -0.15) is 0 Å². The minimum Gasteiger partial charge on any atom is -0.443 e. The van der Waals surface area contributed by atoms with Crippen LogP contribution in [0.5, 0.6) is 0 Å². The lowest BCUT2D eigenvalue weighted by molar-refractivity contribution is 0.0544. The van der Waals surface area contributed by atoms with Gasteiger partial charge in [0, 0.05) is 11.6 Å². The predicted molar refractivity (Wildman–Crippen MR) is 73.8 cm³/mol. The molecule has 0 amide bonds. The van der Waals surface area contributed by atoms with Gasteiger partial charge >= 0.3 is 6.09 Å². The minimum absolute atomic E-state index is 0.385. The van der Waals surface area contributed by atoms with Crippen molar-refractivity contribution in [3.05, 3.63) is 28.6 Å². The maximum atomic E-state index is 12.1. The Balaban J connectivity index is 2.49. The highest BCUT2D eigenvalue weighted by molar-refractivity contribution is 9.10. The van der Waals surface area contributed by atoms with Gasteiger partial charge in [0.15, 0.2) is 0 Å². The van der Waals surface area contributed by atoms with E-state index < -0.39 is 5.60 Å². The van der Waals surface area contributed by atoms with Crippen LogP contribution in [0.4, 0.5) is 4.79 Å². The molecule has 0 unspecified atom stereocenters. The third-order valence-corrected chi connectivity index (χ3v) is 2.88. The molecule has 0 aliphatic carbocycles. The first kappa shape index (κ1) is 13.1. The molecule has 96 valence electrons. The first-order valence-corrected chi connectivity index (χ1v) is 6.44. The number of halogens is 1. The van der Waals surface area contributed by atoms with Gasteiger partial charge in [0.25, 0.3) is 0 Å². The quantitative estimate of drug-likeness (QED) is 0.693. The van der Waals surface area contributed by atoms with E-state index in [1.54, 1.807) is 12.4 Å². The molecular formula is C13H15BrN2O2. The van der Waals surface area contributed by atoms with Crippen molar-refractivity contribution in [1.29, 1.82) is 0 Å². The molecule has 0 radical (unpaired) electrons. The third kappa shape index (κ3) is 2.56. The number of pyridine rings is 1. The molecule has 0 N–H and O–H groups in total. The summed E-state index contributed by atoms with van der Waals surface area (Å²) in [5.41, 5.74) is 1.26. The van der Waals surface area contributed by atoms with Crippen molar-refractivity contribution in [2.75, 3.05) is 0 Å². The molecule has 2 aromatic rings. The molecule has 0 aliphatic heterocycles. The van der Waals surface area contributed by atoms with Crippen molar-refractivity contribution in [1.82, 2.24) is 9.55 Å². The monoisotopic (exact) mass is 310 g/mol. The van der Waals surface area contributed by atoms with Gasteiger partial charge in [-0.3, -0.25) is 4.57 Å². The SMILES string of the molecule is Cc1cn(C(=O)OC(C)(C)C)c2cnc(Br)cc12. The Kier molecular flexibility index (Phi) is 3.19. The lowest BCUT2D eigenvalue weighted by Gasteiger charge is -2.19. The number of aryl methyl sites for hydroxylation is 1. The summed E-state index contributed by atoms with van der Waals surface area (Å²) in [4.78, 5) is 16.2. The average Bonchev–Trinajstić information content (AvgIpc) is 2.54. The average molecular weight is 311 g/mol. The standard InChI is InChI=1S/C13H15BrN2O2/c1-8-7-16(12(17)18-13(2,3)4)10-6-15-11(14)5-9(8)10/h5-7H,1-4H3. The van der Waals surface area contributed by atoms with Crippen molar-refractivity contribution in [3.8, 4) is 0 Å². The molecule has 2 rings (SSSR count). The Labute approximate surface area is 114 Å². The van der Waals surface area contributed by atoms with Gasteiger partial charge < -0.3 is 4.74 Å². The second kappa shape index (κ2) is 4.39. The fourth-order valence-corrected chi connectivity index (χ4v) is 2.06. The van der Waals surface area contributed by atoms with E-state index in [0.717, 1.165) is 21.1 Å². The maximum absolute atomic E-state index is 12.1. The number of ether oxygens (including phenoxy) is 1. The number of fused-ring (bicyclic) bond motifs is 1. The first-order chi connectivity index (χ1) is 8.28. The molecule has 0 bridgehead atoms. The number of carbonyl (C=O) groups is 1. The molecule has 4 nitrogen and oxygen atoms in total. The van der Waals surface area contributed by atoms with Crippen LogP contribution in [0.15, 0.2) is 23.1 Å². The molecule has 0 aliphatic rings. The summed E-state index contributed by atoms with van der Waals surface area (Å²) in [6, 6.07) is 1.89. The molecule has 0 atom stereocenters. The Hall–Kier alpha value is -1.36. The zero-order chi connectivity index (χ0) is 13.5. The van der Waals surface area contributed by atoms with Crippen LogP contribution in [0, 0.1) is 6.92 Å². The highest BCUT2D eigenvalue weighted by atomic mass is 79.9. The predicted octanol–water partition coefficient (Wildman–Crippen LogP) is 3.89. The number of carbonyl (C=O) groups excluding carboxylic acids is 1. The van der Waals surface area contributed by atoms with Crippen molar-refractivity contribution >= 4 is 32.9 Å². The molecular weight excluding hydrogens is 296 g/mol. The zero-order valence-electron chi connectivity index (χ0n) is 10.8. The third-order valence-electron chi connectivity index (χ3n) is 2.45. The molecule has 0 aromatic carbocycles. The summed E-state index contributed by atoms with van der Waals surface area (Å²) in [5, 5.41) is 0.989. The molecule has 0 spiro atoms. The van der Waals surface area contributed by atoms with E-state index in [4.69, 9.17) is 4.74 Å². The summed E-state index contributed by atoms with van der Waals surface area (Å²) < 4.78 is 7.61. The van der Waals surface area contributed by atoms with Gasteiger partial charge in [0.2, 0.25) is 0 Å². The van der Waals surface area contributed by atoms with Gasteiger partial charge in [-0.25, -0.2) is 9.78 Å². The Bertz CT molecular complexity index is 611. The van der Waals surface area contributed by atoms with E-state index in [0.29, 0.717) is 0 Å². The van der Waals surface area contributed by atoms with Crippen LogP contribution in [0.1, 0.15) is 26.3 Å². The number of aromatic nitrogens is 2. The van der Waals surface area contributed by atoms with E-state index in [1.807, 2.05) is 33.8 Å². The summed E-state index contributed by atoms with van der Waals surface area (Å²) >= 11 is 3.33. The fourth-order valence-electron chi connectivity index (χ4n) is 1.73. The summed E-state index contributed by atoms with van der Waals surface area (Å²) in [6.07, 6.45) is 3.05. The second-order valence-electron chi connectivity index (χ2n) is 5.19. The smallest absolute Gasteiger partial charge is 0.419 e. The molecule has 0 saturated carbocycles. The van der Waals surface area contributed by atoms with E-state index in [-0.39, 0.29) is 6.09 Å². The summed E-state index contributed by atoms with van der Waals surface area (Å²) in [5.74, 6) is 0. The van der Waals surface area contributed by atoms with Crippen LogP contribution < -0.4 is 0 Å². The minimum atomic E-state index is -0.510. The number of hydrogen-bond donors (Lipinski definition) is 0. The van der Waals surface area contributed by atoms with E-state index >= 15 is 0 Å². The van der Waals surface area contributed by atoms with Gasteiger partial charge in [-0.15, -0.1) is 0 Å². The molecule has 0 fully saturated rings. The Morgan fingerprint density at radius 2 is 2.11 bits per heavy atom. The van der Waals surface area contributed by atoms with E-state index in [1.165, 1.54) is 4.57 Å². The summed E-state index contributed by atoms with van der Waals surface area (Å²) in [6.45, 7) is 7.49. The Morgan fingerprint density at radius 3 is 2.72 bits per heavy atom. The lowest BCUT2D eigenvalue weighted by Crippen LogP contribution is -2.26. The Morgan fingerprint density at radius 1 is 1.44 bits per heavy atom. The lowest BCUT2D eigenvalue weighted by atomic mass is 10.2. The largest absolute Gasteiger partial charge is 0.443 e. The number of nitrogens with zero attached hydrogens (tertiary/aromatic N) is 2. The molecule has 0 saturated heterocycles. The zero-order valence-corrected chi connectivity index (χ0v) is 12.4. The van der Waals surface area contributed by atoms with Crippen molar-refractivity contribution in [2.24, 2.45) is 0 Å². The highest BCUT2D eigenvalue weighted by Gasteiger charge is 2.20. The van der Waals surface area contributed by atoms with Crippen molar-refractivity contribution < 1.29 is 9.53 Å². The van der Waals surface area contributed by atoms with Crippen LogP contribution in [0.2, 0.25) is 0 Å². The van der Waals surface area contributed by atoms with Crippen LogP contribution in [-0.2, 0) is 4.74 Å². The summed E-state index contributed by atoms with van der Waals surface area (Å²) in [7, 11) is 0. The van der Waals surface area contributed by atoms with Gasteiger partial charge in [-0.05, 0) is 55.3 Å². The number of hydrogen-bond acceptors (Lipinski definition) is 3. The van der Waals surface area contributed by atoms with Gasteiger partial charge in [0.1, 0.15) is 10.2 Å². The van der Waals surface area contributed by atoms with E-state index in [2.05, 4.69) is 20.9 Å². The fraction of sp³-hybridized carbons (Fsp3) is 0.385. The van der Waals surface area contributed by atoms with Crippen molar-refractivity contribution in [3.63, 3.8) is 0 Å². The van der Waals surface area contributed by atoms with Crippen LogP contribution in [0.25, 0.3) is 10.9 Å². The maximum Gasteiger partial charge on any atom is 0.419 e. The number of rotatable bonds is 0. The van der Waals surface area contributed by atoms with Gasteiger partial charge in [-0.1, -0.05) is 0 Å². The highest BCUT2D eigenvalue weighted by Crippen LogP contribution is 2.23. The van der Waals surface area contributed by atoms with Crippen LogP contribution in [-0.4, -0.2) is 21.2 Å². The second-order valence-corrected chi connectivity index (χ2v) is 6.00. The molecule has 2 aromatic heterocycles. The molecule has 18 heavy (non-hydrogen) atoms. The first-order valence-electron chi connectivity index (χ1n) is 5.64. The van der Waals surface area contributed by atoms with Gasteiger partial charge in [0.05, 0.1) is 11.7 Å². The molecule has 2 heterocycles. The van der Waals surface area contributed by atoms with Crippen LogP contribution in [0.3, 0.4) is 0 Å². The van der Waals surface area contributed by atoms with Crippen molar-refractivity contribution in [2.45, 2.75) is 33.3 Å². The normalized spacial score (nSPS) is 11.8.